The van der Waals surface area contributed by atoms with Crippen molar-refractivity contribution < 1.29 is 28.3 Å². The van der Waals surface area contributed by atoms with Crippen LogP contribution in [0.4, 0.5) is 5.69 Å². The molecule has 44 heavy (non-hydrogen) atoms. The van der Waals surface area contributed by atoms with Gasteiger partial charge in [0.05, 0.1) is 6.20 Å². The molecule has 4 aromatic rings. The Hall–Kier alpha value is -4.44. The van der Waals surface area contributed by atoms with E-state index in [1.165, 1.54) is 6.39 Å². The van der Waals surface area contributed by atoms with Gasteiger partial charge in [0.15, 0.2) is 35.6 Å². The Kier molecular flexibility index (Phi) is 6.65. The number of aliphatic hydroxyl groups is 1. The summed E-state index contributed by atoms with van der Waals surface area (Å²) in [6, 6.07) is 13.3. The standard InChI is InChI=1S/C34H36N4O6/c1-5-33(41,6-2)26(39)15-20-13-19-11-12-24-22(14-19)34(21-9-7-8-10-23(21)36-32(34)43-24)29-28(25-16-35-17-42-25)38-31(44-29)27(18(3)4)37-30(20)40/h7-12,14,16-18,20,27,32,36,41H,5-6,13,15H2,1-4H3,(H,37,40)/t20-,27+,32+,34?/m1/s1. The summed E-state index contributed by atoms with van der Waals surface area (Å²) in [4.78, 5) is 36.6. The molecule has 0 fully saturated rings. The van der Waals surface area contributed by atoms with Crippen LogP contribution in [0.3, 0.4) is 0 Å². The Morgan fingerprint density at radius 3 is 2.66 bits per heavy atom. The monoisotopic (exact) mass is 596 g/mol. The van der Waals surface area contributed by atoms with Crippen molar-refractivity contribution in [1.29, 1.82) is 0 Å². The third-order valence-corrected chi connectivity index (χ3v) is 9.62. The first kappa shape index (κ1) is 28.3. The molecule has 1 amide bonds. The van der Waals surface area contributed by atoms with Crippen molar-refractivity contribution in [3.8, 4) is 17.2 Å². The number of nitrogens with one attached hydrogen (secondary N) is 2. The maximum atomic E-state index is 14.0. The number of carbonyl (C=O) groups excluding carboxylic acids is 2. The topological polar surface area (TPSA) is 140 Å². The van der Waals surface area contributed by atoms with Gasteiger partial charge in [-0.05, 0) is 48.4 Å². The Balaban J connectivity index is 1.47. The summed E-state index contributed by atoms with van der Waals surface area (Å²) in [5.74, 6) is 0.503. The molecule has 2 aromatic heterocycles. The Morgan fingerprint density at radius 2 is 1.93 bits per heavy atom. The van der Waals surface area contributed by atoms with E-state index in [0.29, 0.717) is 35.3 Å². The summed E-state index contributed by atoms with van der Waals surface area (Å²) in [6.07, 6.45) is 3.18. The second kappa shape index (κ2) is 10.3. The molecule has 5 heterocycles. The molecule has 0 aliphatic carbocycles. The van der Waals surface area contributed by atoms with E-state index in [9.17, 15) is 14.7 Å². The van der Waals surface area contributed by atoms with Crippen molar-refractivity contribution in [2.75, 3.05) is 5.32 Å². The molecule has 0 saturated carbocycles. The number of amides is 1. The minimum absolute atomic E-state index is 0.0965. The molecule has 2 aromatic carbocycles. The molecule has 10 nitrogen and oxygen atoms in total. The molecule has 228 valence electrons. The number of hydrogen-bond donors (Lipinski definition) is 3. The van der Waals surface area contributed by atoms with E-state index in [4.69, 9.17) is 18.6 Å². The maximum absolute atomic E-state index is 14.0. The first-order chi connectivity index (χ1) is 21.2. The number of hydrogen-bond acceptors (Lipinski definition) is 9. The molecule has 4 atom stereocenters. The average molecular weight is 597 g/mol. The molecule has 0 radical (unpaired) electrons. The summed E-state index contributed by atoms with van der Waals surface area (Å²) < 4.78 is 19.2. The third kappa shape index (κ3) is 4.11. The van der Waals surface area contributed by atoms with Gasteiger partial charge in [-0.2, -0.15) is 0 Å². The van der Waals surface area contributed by atoms with Crippen LogP contribution >= 0.6 is 0 Å². The van der Waals surface area contributed by atoms with E-state index in [2.05, 4.69) is 21.7 Å². The first-order valence-corrected chi connectivity index (χ1v) is 15.3. The summed E-state index contributed by atoms with van der Waals surface area (Å²) in [7, 11) is 0. The van der Waals surface area contributed by atoms with E-state index in [0.717, 1.165) is 22.4 Å². The van der Waals surface area contributed by atoms with Crippen molar-refractivity contribution in [2.45, 2.75) is 76.7 Å². The van der Waals surface area contributed by atoms with Crippen LogP contribution in [0.2, 0.25) is 0 Å². The van der Waals surface area contributed by atoms with Crippen LogP contribution in [0.1, 0.15) is 81.3 Å². The highest BCUT2D eigenvalue weighted by molar-refractivity contribution is 5.92. The lowest BCUT2D eigenvalue weighted by Crippen LogP contribution is -2.43. The maximum Gasteiger partial charge on any atom is 0.224 e. The number of aromatic nitrogens is 2. The number of ketones is 1. The van der Waals surface area contributed by atoms with Gasteiger partial charge in [-0.25, -0.2) is 9.97 Å². The molecule has 1 unspecified atom stereocenters. The number of para-hydroxylation sites is 1. The van der Waals surface area contributed by atoms with Crippen LogP contribution in [0.5, 0.6) is 5.75 Å². The Labute approximate surface area is 255 Å². The zero-order chi connectivity index (χ0) is 30.8. The average Bonchev–Trinajstić information content (AvgIpc) is 3.80. The quantitative estimate of drug-likeness (QED) is 0.259. The predicted molar refractivity (Wildman–Crippen MR) is 161 cm³/mol. The molecule has 7 rings (SSSR count). The summed E-state index contributed by atoms with van der Waals surface area (Å²) >= 11 is 0. The van der Waals surface area contributed by atoms with Gasteiger partial charge in [-0.1, -0.05) is 58.0 Å². The fourth-order valence-corrected chi connectivity index (χ4v) is 6.97. The molecular formula is C34H36N4O6. The molecule has 4 bridgehead atoms. The summed E-state index contributed by atoms with van der Waals surface area (Å²) in [5.41, 5.74) is 1.68. The third-order valence-electron chi connectivity index (χ3n) is 9.62. The van der Waals surface area contributed by atoms with Gasteiger partial charge in [0.25, 0.3) is 0 Å². The van der Waals surface area contributed by atoms with Crippen molar-refractivity contribution >= 4 is 17.4 Å². The lowest BCUT2D eigenvalue weighted by atomic mass is 9.72. The van der Waals surface area contributed by atoms with Crippen LogP contribution < -0.4 is 15.4 Å². The summed E-state index contributed by atoms with van der Waals surface area (Å²) in [5, 5.41) is 17.7. The van der Waals surface area contributed by atoms with E-state index in [1.807, 2.05) is 50.2 Å². The number of ether oxygens (including phenoxy) is 1. The van der Waals surface area contributed by atoms with E-state index in [-0.39, 0.29) is 36.9 Å². The molecular weight excluding hydrogens is 560 g/mol. The van der Waals surface area contributed by atoms with Crippen LogP contribution in [0.15, 0.2) is 63.9 Å². The first-order valence-electron chi connectivity index (χ1n) is 15.3. The van der Waals surface area contributed by atoms with Crippen LogP contribution in [-0.4, -0.2) is 38.6 Å². The lowest BCUT2D eigenvalue weighted by molar-refractivity contribution is -0.141. The molecule has 10 heteroatoms. The van der Waals surface area contributed by atoms with E-state index in [1.54, 1.807) is 20.0 Å². The Morgan fingerprint density at radius 1 is 1.14 bits per heavy atom. The zero-order valence-corrected chi connectivity index (χ0v) is 25.2. The second-order valence-electron chi connectivity index (χ2n) is 12.4. The van der Waals surface area contributed by atoms with Crippen molar-refractivity contribution in [3.63, 3.8) is 0 Å². The SMILES string of the molecule is CCC(O)(CC)C(=O)C[C@H]1Cc2ccc3c(c2)C2(c4ccccc4N[C@H]2O3)c2oc(nc2-c2cnco2)[C@H](C(C)C)NC1=O. The molecule has 1 spiro atoms. The van der Waals surface area contributed by atoms with Crippen LogP contribution in [0.25, 0.3) is 11.5 Å². The smallest absolute Gasteiger partial charge is 0.224 e. The molecule has 3 aliphatic rings. The zero-order valence-electron chi connectivity index (χ0n) is 25.2. The minimum atomic E-state index is -1.48. The largest absolute Gasteiger partial charge is 0.469 e. The molecule has 3 aliphatic heterocycles. The Bertz CT molecular complexity index is 1740. The second-order valence-corrected chi connectivity index (χ2v) is 12.4. The van der Waals surface area contributed by atoms with Gasteiger partial charge in [0, 0.05) is 23.6 Å². The van der Waals surface area contributed by atoms with Crippen molar-refractivity contribution in [1.82, 2.24) is 15.3 Å². The van der Waals surface area contributed by atoms with E-state index >= 15 is 0 Å². The predicted octanol–water partition coefficient (Wildman–Crippen LogP) is 5.30. The number of anilines is 1. The number of benzene rings is 2. The highest BCUT2D eigenvalue weighted by atomic mass is 16.5. The van der Waals surface area contributed by atoms with Crippen molar-refractivity contribution in [2.24, 2.45) is 11.8 Å². The number of oxazole rings is 2. The highest BCUT2D eigenvalue weighted by Gasteiger charge is 2.61. The van der Waals surface area contributed by atoms with Gasteiger partial charge < -0.3 is 29.3 Å². The van der Waals surface area contributed by atoms with E-state index < -0.39 is 29.2 Å². The number of Topliss-reactive ketones (excluding diaryl/α,β-unsaturated/α-hetero) is 1. The molecule has 3 N–H and O–H groups in total. The van der Waals surface area contributed by atoms with Gasteiger partial charge in [0.1, 0.15) is 22.8 Å². The van der Waals surface area contributed by atoms with Gasteiger partial charge in [0.2, 0.25) is 11.8 Å². The fourth-order valence-electron chi connectivity index (χ4n) is 6.97. The molecule has 0 saturated heterocycles. The highest BCUT2D eigenvalue weighted by Crippen LogP contribution is 2.59. The lowest BCUT2D eigenvalue weighted by Gasteiger charge is -2.29. The van der Waals surface area contributed by atoms with Crippen molar-refractivity contribution in [3.05, 3.63) is 83.4 Å². The number of carbonyl (C=O) groups is 2. The van der Waals surface area contributed by atoms with Gasteiger partial charge in [-0.3, -0.25) is 9.59 Å². The number of nitrogens with zero attached hydrogens (tertiary/aromatic N) is 2. The summed E-state index contributed by atoms with van der Waals surface area (Å²) in [6.45, 7) is 7.53. The van der Waals surface area contributed by atoms with Gasteiger partial charge in [-0.15, -0.1) is 0 Å². The van der Waals surface area contributed by atoms with Crippen LogP contribution in [-0.2, 0) is 21.4 Å². The normalized spacial score (nSPS) is 23.6. The van der Waals surface area contributed by atoms with Crippen LogP contribution in [0, 0.1) is 11.8 Å². The minimum Gasteiger partial charge on any atom is -0.469 e. The van der Waals surface area contributed by atoms with Gasteiger partial charge >= 0.3 is 0 Å². The fraction of sp³-hybridized carbons (Fsp3) is 0.412. The number of fused-ring (bicyclic) bond motifs is 4. The number of rotatable bonds is 7.